The molecule has 55 nitrogen and oxygen atoms in total. The summed E-state index contributed by atoms with van der Waals surface area (Å²) in [5, 5.41) is 70.4. The maximum absolute atomic E-state index is 14.8. The molecular formula is C89H121N23O32S4. The van der Waals surface area contributed by atoms with E-state index in [0.29, 0.717) is 40.9 Å². The molecule has 4 atom stereocenters. The third-order valence-corrected chi connectivity index (χ3v) is 27.8. The highest BCUT2D eigenvalue weighted by molar-refractivity contribution is 8.19. The molecule has 0 saturated carbocycles. The number of hydrogen-bond donors (Lipinski definition) is 25. The number of sulfonamides is 2. The Morgan fingerprint density at radius 3 is 1.27 bits per heavy atom. The number of rotatable bonds is 52. The molecule has 0 spiro atoms. The van der Waals surface area contributed by atoms with Gasteiger partial charge in [0.15, 0.2) is 11.9 Å². The number of hydrazine groups is 1. The second kappa shape index (κ2) is 53.9. The van der Waals surface area contributed by atoms with Crippen LogP contribution in [0.25, 0.3) is 21.8 Å². The van der Waals surface area contributed by atoms with E-state index in [4.69, 9.17) is 9.47 Å². The fourth-order valence-electron chi connectivity index (χ4n) is 15.7. The summed E-state index contributed by atoms with van der Waals surface area (Å²) in [7, 11) is -15.7. The zero-order valence-electron chi connectivity index (χ0n) is 81.2. The van der Waals surface area contributed by atoms with Gasteiger partial charge < -0.3 is 124 Å². The van der Waals surface area contributed by atoms with Gasteiger partial charge in [-0.05, 0) is 122 Å². The molecule has 0 aliphatic carbocycles. The first-order valence-electron chi connectivity index (χ1n) is 45.7. The lowest BCUT2D eigenvalue weighted by molar-refractivity contribution is -0.139. The summed E-state index contributed by atoms with van der Waals surface area (Å²) in [4.78, 5) is 221. The zero-order valence-corrected chi connectivity index (χ0v) is 84.5. The number of carboxylic acids is 4. The minimum Gasteiger partial charge on any atom is -0.512 e. The van der Waals surface area contributed by atoms with Gasteiger partial charge in [-0.2, -0.15) is 9.44 Å². The van der Waals surface area contributed by atoms with Gasteiger partial charge in [-0.15, -0.1) is 0 Å². The highest BCUT2D eigenvalue weighted by Crippen LogP contribution is 2.35. The Hall–Kier alpha value is -14.3. The van der Waals surface area contributed by atoms with Crippen molar-refractivity contribution < 1.29 is 141 Å². The number of ether oxygens (including phenoxy) is 2. The maximum Gasteiger partial charge on any atom is 0.324 e. The third-order valence-electron chi connectivity index (χ3n) is 22.7. The molecule has 9 rings (SSSR count). The van der Waals surface area contributed by atoms with Gasteiger partial charge >= 0.3 is 29.9 Å². The van der Waals surface area contributed by atoms with Crippen LogP contribution in [0, 0.1) is 27.7 Å². The molecule has 25 N–H and O–H groups in total. The SMILES string of the molecule is C=C(O)CN1CCN(CC(=O)O)CCN(CC(=O)N(CCC(=O)NC(CS(O)(O)O)C(=O)NCCNC(=O)CCCOc2cc(C)c(S(=O)(=O)N[C@@H](CNC(=O)c3cn(C)c4cc(CNc5ncc[nH]5)ccc4c3=O)C(=O)O)c(C)c2)C(=O)NC(CS(O)(O)O)C(=O)NNC(=O)CCCOc2cc(C)c(S(=O)(=O)N[C@@H](CNC(=O)c3cn(C)c4cc(CNc5ncc[nH]5)ccc4c3=O)C(=O)O)c(C)c2)CCN(CC(=O)O)CC1. The molecule has 10 amide bonds. The Balaban J connectivity index is 0.786. The quantitative estimate of drug-likeness (QED) is 0.0132. The first-order chi connectivity index (χ1) is 69.7. The van der Waals surface area contributed by atoms with Gasteiger partial charge in [0, 0.05) is 179 Å². The topological polar surface area (TPSA) is 793 Å². The van der Waals surface area contributed by atoms with Crippen LogP contribution < -0.4 is 83.2 Å². The summed E-state index contributed by atoms with van der Waals surface area (Å²) < 4.78 is 136. The largest absolute Gasteiger partial charge is 0.512 e. The molecule has 4 aromatic heterocycles. The molecule has 59 heteroatoms. The lowest BCUT2D eigenvalue weighted by atomic mass is 10.1. The van der Waals surface area contributed by atoms with Crippen molar-refractivity contribution in [1.29, 1.82) is 0 Å². The van der Waals surface area contributed by atoms with Crippen molar-refractivity contribution in [2.45, 2.75) is 107 Å². The van der Waals surface area contributed by atoms with E-state index in [2.05, 4.69) is 73.2 Å². The smallest absolute Gasteiger partial charge is 0.324 e. The number of imide groups is 1. The number of benzene rings is 4. The van der Waals surface area contributed by atoms with Gasteiger partial charge in [0.1, 0.15) is 46.8 Å². The Kier molecular flexibility index (Phi) is 42.7. The Morgan fingerprint density at radius 1 is 0.480 bits per heavy atom. The van der Waals surface area contributed by atoms with Crippen LogP contribution in [0.1, 0.15) is 86.2 Å². The van der Waals surface area contributed by atoms with Crippen molar-refractivity contribution in [3.8, 4) is 11.5 Å². The summed E-state index contributed by atoms with van der Waals surface area (Å²) in [6, 6.07) is 5.27. The number of aliphatic carboxylic acids is 4. The van der Waals surface area contributed by atoms with E-state index in [0.717, 1.165) is 11.1 Å². The third kappa shape index (κ3) is 36.4. The lowest BCUT2D eigenvalue weighted by Gasteiger charge is -2.34. The van der Waals surface area contributed by atoms with E-state index in [1.807, 2.05) is 16.2 Å². The average molecular weight is 2150 g/mol. The number of amides is 10. The second-order valence-electron chi connectivity index (χ2n) is 34.5. The highest BCUT2D eigenvalue weighted by Gasteiger charge is 2.37. The number of H-pyrrole nitrogens is 2. The van der Waals surface area contributed by atoms with Gasteiger partial charge in [0.25, 0.3) is 17.7 Å². The van der Waals surface area contributed by atoms with Crippen LogP contribution in [0.5, 0.6) is 11.5 Å². The first kappa shape index (κ1) is 117. The predicted molar refractivity (Wildman–Crippen MR) is 536 cm³/mol. The monoisotopic (exact) mass is 2150 g/mol. The zero-order chi connectivity index (χ0) is 109. The number of hydrogen-bond acceptors (Lipinski definition) is 36. The number of aromatic nitrogens is 6. The van der Waals surface area contributed by atoms with E-state index in [-0.39, 0.29) is 169 Å². The molecule has 1 aliphatic rings. The number of urea groups is 1. The summed E-state index contributed by atoms with van der Waals surface area (Å²) in [6.45, 7) is 3.62. The number of anilines is 2. The number of aromatic amines is 2. The molecule has 2 unspecified atom stereocenters. The van der Waals surface area contributed by atoms with Crippen molar-refractivity contribution in [3.63, 3.8) is 0 Å². The van der Waals surface area contributed by atoms with Crippen LogP contribution in [-0.4, -0.2) is 361 Å². The van der Waals surface area contributed by atoms with Crippen LogP contribution in [0.3, 0.4) is 0 Å². The molecule has 1 fully saturated rings. The number of carbonyl (C=O) groups is 13. The van der Waals surface area contributed by atoms with E-state index in [9.17, 15) is 142 Å². The standard InChI is InChI=1S/C89H121N23O32S4/c1-52-34-59(35-53(2)79(52)147(139,140)104-65(85(128)129)42-96-81(124)63-45-106(6)69-38-57(12-14-61(69)77(63)122)40-98-87-92-19-20-93-87)143-32-8-10-71(114)90-17-18-91-83(126)67(50-145(133,134)135)100-72(115)16-23-112(74(117)47-109-26-30-110(48-75(118)119)28-24-108(44-56(5)113)25-29-111(31-27-109)49-76(120)121)89(132)101-68(51-146(136,137)138)84(127)103-102-73(116)11-9-33-144-60-36-54(3)80(55(4)37-60)148(141,142)105-66(86(130)131)43-97-82(125)64-46-107(7)70-39-58(13-15-62(70)78(64)123)41-99-88-94-21-22-95-88/h12-15,19-22,34-39,45-46,65-68,104-105,113,133-138H,5,8-11,16-18,23-33,40-44,47-51H2,1-4,6-7H3,(H,90,114)(H,91,126)(H,96,124)(H,97,125)(H,100,115)(H,101,132)(H,102,116)(H,103,127)(H,118,119)(H,120,121)(H,128,129)(H,130,131)(H2,92,93,98)(H2,94,95,99)/t65-,66-,67?,68?/m0/s1. The average Bonchev–Trinajstić information content (AvgIpc) is 0.864. The van der Waals surface area contributed by atoms with E-state index >= 15 is 0 Å². The summed E-state index contributed by atoms with van der Waals surface area (Å²) in [6.07, 6.45) is 7.14. The van der Waals surface area contributed by atoms with Gasteiger partial charge in [0.2, 0.25) is 60.4 Å². The first-order valence-corrected chi connectivity index (χ1v) is 52.0. The van der Waals surface area contributed by atoms with Crippen molar-refractivity contribution in [3.05, 3.63) is 175 Å². The maximum atomic E-state index is 14.8. The predicted octanol–water partition coefficient (Wildman–Crippen LogP) is -0.293. The number of nitrogens with one attached hydrogen (secondary N) is 14. The van der Waals surface area contributed by atoms with Gasteiger partial charge in [-0.1, -0.05) is 18.7 Å². The number of carboxylic acid groups (broad SMARTS) is 4. The second-order valence-corrected chi connectivity index (χ2v) is 41.0. The molecule has 4 aromatic carbocycles. The molecular weight excluding hydrogens is 2030 g/mol. The Bertz CT molecular complexity index is 6460. The molecule has 808 valence electrons. The molecule has 148 heavy (non-hydrogen) atoms. The van der Waals surface area contributed by atoms with E-state index < -0.39 is 224 Å². The van der Waals surface area contributed by atoms with E-state index in [1.54, 1.807) is 68.0 Å². The normalized spacial score (nSPS) is 14.3. The number of aliphatic hydroxyl groups excluding tert-OH is 1. The Labute approximate surface area is 849 Å². The molecule has 8 aromatic rings. The van der Waals surface area contributed by atoms with Crippen LogP contribution in [0.2, 0.25) is 0 Å². The number of carbonyl (C=O) groups excluding carboxylic acids is 9. The fraction of sp³-hybridized carbons (Fsp3) is 0.427. The summed E-state index contributed by atoms with van der Waals surface area (Å²) in [5.74, 6) is -16.4. The van der Waals surface area contributed by atoms with Crippen molar-refractivity contribution in [2.75, 3.05) is 147 Å². The number of aliphatic hydroxyl groups is 1. The van der Waals surface area contributed by atoms with Gasteiger partial charge in [-0.3, -0.25) is 102 Å². The number of aryl methyl sites for hydroxylation is 6. The van der Waals surface area contributed by atoms with E-state index in [1.165, 1.54) is 100 Å². The van der Waals surface area contributed by atoms with Gasteiger partial charge in [0.05, 0.1) is 99.2 Å². The fourth-order valence-corrected chi connectivity index (χ4v) is 20.3. The minimum atomic E-state index is -4.83. The number of nitrogens with zero attached hydrogens (tertiary/aromatic N) is 9. The number of fused-ring (bicyclic) bond motifs is 2. The molecule has 0 radical (unpaired) electrons. The summed E-state index contributed by atoms with van der Waals surface area (Å²) in [5.41, 5.74) is 4.73. The van der Waals surface area contributed by atoms with Crippen LogP contribution in [0.15, 0.2) is 130 Å². The van der Waals surface area contributed by atoms with Crippen LogP contribution in [0.4, 0.5) is 16.7 Å². The van der Waals surface area contributed by atoms with Crippen molar-refractivity contribution in [1.82, 2.24) is 106 Å². The van der Waals surface area contributed by atoms with Crippen molar-refractivity contribution in [2.24, 2.45) is 14.1 Å². The number of pyridine rings is 2. The molecule has 1 aliphatic heterocycles. The van der Waals surface area contributed by atoms with Crippen LogP contribution in [-0.2, 0) is 95.2 Å². The molecule has 0 bridgehead atoms. The molecule has 5 heterocycles. The summed E-state index contributed by atoms with van der Waals surface area (Å²) >= 11 is 0. The number of imidazole rings is 2. The molecule has 1 saturated heterocycles. The van der Waals surface area contributed by atoms with Crippen molar-refractivity contribution >= 4 is 153 Å². The minimum absolute atomic E-state index is 0.0295. The Morgan fingerprint density at radius 2 is 0.878 bits per heavy atom. The lowest BCUT2D eigenvalue weighted by Crippen LogP contribution is -2.58. The van der Waals surface area contributed by atoms with Gasteiger partial charge in [-0.25, -0.2) is 31.6 Å². The highest BCUT2D eigenvalue weighted by atomic mass is 32.3. The van der Waals surface area contributed by atoms with Crippen LogP contribution >= 0.6 is 21.7 Å².